The van der Waals surface area contributed by atoms with Crippen LogP contribution in [0.5, 0.6) is 0 Å². The molecule has 0 aromatic rings. The number of aliphatic hydroxyl groups excluding tert-OH is 1. The van der Waals surface area contributed by atoms with Gasteiger partial charge in [0.05, 0.1) is 13.2 Å². The zero-order valence-electron chi connectivity index (χ0n) is 16.1. The largest absolute Gasteiger partial charge is 0.469 e. The van der Waals surface area contributed by atoms with Gasteiger partial charge in [-0.05, 0) is 18.9 Å². The molecule has 0 aliphatic rings. The molecule has 0 aliphatic heterocycles. The number of alkyl halides is 2. The first-order valence-corrected chi connectivity index (χ1v) is 9.56. The maximum Gasteiger partial charge on any atom is 0.305 e. The SMILES string of the molecule is CCCCCCCC[C@@H](O)/C=C/C=C/C=C\C(F)(F)CCCC(=O)OC. The van der Waals surface area contributed by atoms with Crippen molar-refractivity contribution >= 4 is 5.97 Å². The lowest BCUT2D eigenvalue weighted by Gasteiger charge is -2.10. The normalized spacial score (nSPS) is 13.9. The number of hydrogen-bond donors (Lipinski definition) is 1. The number of rotatable bonds is 15. The van der Waals surface area contributed by atoms with Crippen molar-refractivity contribution in [3.8, 4) is 0 Å². The first-order chi connectivity index (χ1) is 12.4. The summed E-state index contributed by atoms with van der Waals surface area (Å²) in [4.78, 5) is 10.9. The van der Waals surface area contributed by atoms with E-state index in [-0.39, 0.29) is 19.3 Å². The first-order valence-electron chi connectivity index (χ1n) is 9.56. The quantitative estimate of drug-likeness (QED) is 0.226. The van der Waals surface area contributed by atoms with Crippen molar-refractivity contribution in [1.29, 1.82) is 0 Å². The van der Waals surface area contributed by atoms with E-state index in [4.69, 9.17) is 0 Å². The lowest BCUT2D eigenvalue weighted by atomic mass is 10.1. The molecule has 0 saturated heterocycles. The standard InChI is InChI=1S/C21H34F2O3/c1-3-4-5-6-7-10-14-19(24)15-11-8-9-12-17-21(22,23)18-13-16-20(25)26-2/h8-9,11-12,15,17,19,24H,3-7,10,13-14,16,18H2,1-2H3/b9-8+,15-11+,17-12-/t19-/m1/s1. The summed E-state index contributed by atoms with van der Waals surface area (Å²) in [7, 11) is 1.24. The molecule has 0 heterocycles. The van der Waals surface area contributed by atoms with Crippen molar-refractivity contribution in [2.24, 2.45) is 0 Å². The smallest absolute Gasteiger partial charge is 0.305 e. The lowest BCUT2D eigenvalue weighted by molar-refractivity contribution is -0.140. The molecule has 0 aliphatic carbocycles. The van der Waals surface area contributed by atoms with Gasteiger partial charge < -0.3 is 9.84 Å². The first kappa shape index (κ1) is 24.5. The van der Waals surface area contributed by atoms with Gasteiger partial charge in [0, 0.05) is 12.8 Å². The van der Waals surface area contributed by atoms with Gasteiger partial charge >= 0.3 is 5.97 Å². The number of halogens is 2. The fraction of sp³-hybridized carbons (Fsp3) is 0.667. The minimum atomic E-state index is -2.95. The third-order valence-corrected chi connectivity index (χ3v) is 3.98. The van der Waals surface area contributed by atoms with Crippen molar-refractivity contribution in [3.63, 3.8) is 0 Å². The molecule has 0 aromatic carbocycles. The summed E-state index contributed by atoms with van der Waals surface area (Å²) >= 11 is 0. The molecule has 1 N–H and O–H groups in total. The van der Waals surface area contributed by atoms with Crippen LogP contribution in [0.3, 0.4) is 0 Å². The van der Waals surface area contributed by atoms with E-state index in [1.807, 2.05) is 0 Å². The Kier molecular flexibility index (Phi) is 14.8. The second-order valence-electron chi connectivity index (χ2n) is 6.44. The number of unbranched alkanes of at least 4 members (excludes halogenated alkanes) is 5. The zero-order valence-corrected chi connectivity index (χ0v) is 16.1. The molecule has 0 rings (SSSR count). The van der Waals surface area contributed by atoms with Gasteiger partial charge in [-0.1, -0.05) is 75.8 Å². The highest BCUT2D eigenvalue weighted by atomic mass is 19.3. The molecule has 0 spiro atoms. The van der Waals surface area contributed by atoms with Gasteiger partial charge in [0.1, 0.15) is 0 Å². The molecule has 3 nitrogen and oxygen atoms in total. The number of carbonyl (C=O) groups is 1. The van der Waals surface area contributed by atoms with Gasteiger partial charge in [-0.2, -0.15) is 0 Å². The van der Waals surface area contributed by atoms with Gasteiger partial charge in [0.15, 0.2) is 0 Å². The summed E-state index contributed by atoms with van der Waals surface area (Å²) in [6.07, 6.45) is 15.6. The van der Waals surface area contributed by atoms with E-state index in [9.17, 15) is 18.7 Å². The van der Waals surface area contributed by atoms with Crippen LogP contribution in [-0.2, 0) is 9.53 Å². The molecule has 0 saturated carbocycles. The van der Waals surface area contributed by atoms with Gasteiger partial charge in [0.25, 0.3) is 5.92 Å². The Morgan fingerprint density at radius 2 is 1.69 bits per heavy atom. The molecule has 0 fully saturated rings. The van der Waals surface area contributed by atoms with E-state index in [1.54, 1.807) is 18.2 Å². The highest BCUT2D eigenvalue weighted by Gasteiger charge is 2.24. The minimum absolute atomic E-state index is 0.00496. The Morgan fingerprint density at radius 1 is 1.04 bits per heavy atom. The summed E-state index contributed by atoms with van der Waals surface area (Å²) in [5.41, 5.74) is 0. The van der Waals surface area contributed by atoms with Crippen molar-refractivity contribution in [3.05, 3.63) is 36.5 Å². The fourth-order valence-corrected chi connectivity index (χ4v) is 2.40. The van der Waals surface area contributed by atoms with E-state index in [1.165, 1.54) is 44.9 Å². The molecule has 5 heteroatoms. The molecule has 1 atom stereocenters. The van der Waals surface area contributed by atoms with Crippen LogP contribution in [0.25, 0.3) is 0 Å². The molecule has 150 valence electrons. The molecule has 0 bridgehead atoms. The van der Waals surface area contributed by atoms with Crippen molar-refractivity contribution in [2.75, 3.05) is 7.11 Å². The van der Waals surface area contributed by atoms with Crippen molar-refractivity contribution in [1.82, 2.24) is 0 Å². The summed E-state index contributed by atoms with van der Waals surface area (Å²) in [5.74, 6) is -3.42. The maximum atomic E-state index is 13.5. The van der Waals surface area contributed by atoms with E-state index >= 15 is 0 Å². The van der Waals surface area contributed by atoms with Crippen LogP contribution in [0.2, 0.25) is 0 Å². The second kappa shape index (κ2) is 15.7. The Balaban J connectivity index is 3.91. The zero-order chi connectivity index (χ0) is 19.7. The van der Waals surface area contributed by atoms with Crippen LogP contribution in [-0.4, -0.2) is 30.2 Å². The number of aliphatic hydroxyl groups is 1. The summed E-state index contributed by atoms with van der Waals surface area (Å²) in [6, 6.07) is 0. The van der Waals surface area contributed by atoms with Gasteiger partial charge in [-0.3, -0.25) is 4.79 Å². The second-order valence-corrected chi connectivity index (χ2v) is 6.44. The molecule has 0 amide bonds. The maximum absolute atomic E-state index is 13.5. The molecule has 0 radical (unpaired) electrons. The van der Waals surface area contributed by atoms with Crippen LogP contribution >= 0.6 is 0 Å². The highest BCUT2D eigenvalue weighted by molar-refractivity contribution is 5.69. The minimum Gasteiger partial charge on any atom is -0.469 e. The van der Waals surface area contributed by atoms with E-state index in [0.717, 1.165) is 25.3 Å². The summed E-state index contributed by atoms with van der Waals surface area (Å²) in [6.45, 7) is 2.18. The van der Waals surface area contributed by atoms with Crippen molar-refractivity contribution < 1.29 is 23.4 Å². The Bertz CT molecular complexity index is 443. The summed E-state index contributed by atoms with van der Waals surface area (Å²) in [5, 5.41) is 9.80. The van der Waals surface area contributed by atoms with Crippen LogP contribution < -0.4 is 0 Å². The molecule has 0 aromatic heterocycles. The number of carbonyl (C=O) groups excluding carboxylic acids is 1. The fourth-order valence-electron chi connectivity index (χ4n) is 2.40. The van der Waals surface area contributed by atoms with Crippen LogP contribution in [0.15, 0.2) is 36.5 Å². The van der Waals surface area contributed by atoms with Crippen molar-refractivity contribution in [2.45, 2.75) is 83.2 Å². The molecule has 26 heavy (non-hydrogen) atoms. The predicted octanol–water partition coefficient (Wildman–Crippen LogP) is 5.75. The Labute approximate surface area is 156 Å². The number of allylic oxidation sites excluding steroid dienone is 5. The van der Waals surface area contributed by atoms with Gasteiger partial charge in [0.2, 0.25) is 0 Å². The third kappa shape index (κ3) is 16.0. The highest BCUT2D eigenvalue weighted by Crippen LogP contribution is 2.23. The van der Waals surface area contributed by atoms with E-state index in [0.29, 0.717) is 0 Å². The van der Waals surface area contributed by atoms with Crippen LogP contribution in [0, 0.1) is 0 Å². The Hall–Kier alpha value is -1.49. The number of hydrogen-bond acceptors (Lipinski definition) is 3. The summed E-state index contributed by atoms with van der Waals surface area (Å²) < 4.78 is 31.5. The van der Waals surface area contributed by atoms with Gasteiger partial charge in [-0.25, -0.2) is 8.78 Å². The average molecular weight is 372 g/mol. The Morgan fingerprint density at radius 3 is 2.38 bits per heavy atom. The monoisotopic (exact) mass is 372 g/mol. The predicted molar refractivity (Wildman–Crippen MR) is 102 cm³/mol. The lowest BCUT2D eigenvalue weighted by Crippen LogP contribution is -2.12. The average Bonchev–Trinajstić information content (AvgIpc) is 2.60. The number of methoxy groups -OCH3 is 1. The molecule has 0 unspecified atom stereocenters. The number of ether oxygens (including phenoxy) is 1. The molecular formula is C21H34F2O3. The third-order valence-electron chi connectivity index (χ3n) is 3.98. The molecular weight excluding hydrogens is 338 g/mol. The van der Waals surface area contributed by atoms with Crippen LogP contribution in [0.1, 0.15) is 71.1 Å². The van der Waals surface area contributed by atoms with Gasteiger partial charge in [-0.15, -0.1) is 0 Å². The number of esters is 1. The van der Waals surface area contributed by atoms with E-state index in [2.05, 4.69) is 11.7 Å². The topological polar surface area (TPSA) is 46.5 Å². The van der Waals surface area contributed by atoms with E-state index < -0.39 is 18.0 Å². The van der Waals surface area contributed by atoms with Crippen LogP contribution in [0.4, 0.5) is 8.78 Å².